The molecule has 2 N–H and O–H groups in total. The second-order valence-electron chi connectivity index (χ2n) is 4.74. The van der Waals surface area contributed by atoms with Crippen molar-refractivity contribution in [2.75, 3.05) is 18.5 Å². The molecule has 0 aliphatic heterocycles. The average Bonchev–Trinajstić information content (AvgIpc) is 2.60. The van der Waals surface area contributed by atoms with Crippen LogP contribution in [0.25, 0.3) is 0 Å². The Balaban J connectivity index is 1.72. The van der Waals surface area contributed by atoms with Crippen molar-refractivity contribution in [3.05, 3.63) is 64.6 Å². The summed E-state index contributed by atoms with van der Waals surface area (Å²) in [6, 6.07) is 15.6. The van der Waals surface area contributed by atoms with Crippen molar-refractivity contribution in [2.45, 2.75) is 0 Å². The maximum absolute atomic E-state index is 11.8. The van der Waals surface area contributed by atoms with E-state index in [9.17, 15) is 14.4 Å². The lowest BCUT2D eigenvalue weighted by atomic mass is 10.2. The number of hydrogen-bond donors (Lipinski definition) is 2. The van der Waals surface area contributed by atoms with E-state index in [1.54, 1.807) is 48.5 Å². The molecule has 0 bridgehead atoms. The number of benzene rings is 2. The number of rotatable bonds is 6. The quantitative estimate of drug-likeness (QED) is 0.741. The van der Waals surface area contributed by atoms with Crippen LogP contribution in [-0.2, 0) is 14.3 Å². The summed E-state index contributed by atoms with van der Waals surface area (Å²) in [5.74, 6) is -1.54. The van der Waals surface area contributed by atoms with E-state index >= 15 is 0 Å². The molecular formula is C17H15BrN2O4. The normalized spacial score (nSPS) is 9.88. The predicted octanol–water partition coefficient (Wildman–Crippen LogP) is 2.36. The Morgan fingerprint density at radius 1 is 0.958 bits per heavy atom. The molecule has 0 spiro atoms. The van der Waals surface area contributed by atoms with Crippen LogP contribution < -0.4 is 10.6 Å². The lowest BCUT2D eigenvalue weighted by Gasteiger charge is -2.08. The zero-order valence-electron chi connectivity index (χ0n) is 12.6. The summed E-state index contributed by atoms with van der Waals surface area (Å²) in [5.41, 5.74) is 1.02. The molecule has 24 heavy (non-hydrogen) atoms. The number of carbonyl (C=O) groups is 3. The van der Waals surface area contributed by atoms with Gasteiger partial charge in [0.05, 0.1) is 5.69 Å². The molecule has 2 amide bonds. The van der Waals surface area contributed by atoms with E-state index in [0.717, 1.165) is 4.47 Å². The van der Waals surface area contributed by atoms with Gasteiger partial charge in [-0.15, -0.1) is 0 Å². The molecule has 2 rings (SSSR count). The van der Waals surface area contributed by atoms with Crippen LogP contribution >= 0.6 is 15.9 Å². The SMILES string of the molecule is O=C(COC(=O)CNC(=O)c1ccccc1)Nc1ccccc1Br. The molecule has 7 heteroatoms. The van der Waals surface area contributed by atoms with Crippen LogP contribution in [0.2, 0.25) is 0 Å². The fourth-order valence-electron chi connectivity index (χ4n) is 1.79. The molecule has 6 nitrogen and oxygen atoms in total. The average molecular weight is 391 g/mol. The van der Waals surface area contributed by atoms with E-state index in [0.29, 0.717) is 11.3 Å². The summed E-state index contributed by atoms with van der Waals surface area (Å²) in [5, 5.41) is 5.03. The number of anilines is 1. The van der Waals surface area contributed by atoms with Gasteiger partial charge in [0.2, 0.25) is 0 Å². The summed E-state index contributed by atoms with van der Waals surface area (Å²) in [6.45, 7) is -0.739. The van der Waals surface area contributed by atoms with E-state index in [2.05, 4.69) is 26.6 Å². The maximum Gasteiger partial charge on any atom is 0.325 e. The van der Waals surface area contributed by atoms with Gasteiger partial charge in [-0.25, -0.2) is 0 Å². The lowest BCUT2D eigenvalue weighted by molar-refractivity contribution is -0.146. The van der Waals surface area contributed by atoms with Gasteiger partial charge in [-0.1, -0.05) is 30.3 Å². The highest BCUT2D eigenvalue weighted by Crippen LogP contribution is 2.20. The topological polar surface area (TPSA) is 84.5 Å². The van der Waals surface area contributed by atoms with Crippen molar-refractivity contribution in [2.24, 2.45) is 0 Å². The standard InChI is InChI=1S/C17H15BrN2O4/c18-13-8-4-5-9-14(13)20-15(21)11-24-16(22)10-19-17(23)12-6-2-1-3-7-12/h1-9H,10-11H2,(H,19,23)(H,20,21). The van der Waals surface area contributed by atoms with Gasteiger partial charge in [-0.05, 0) is 40.2 Å². The predicted molar refractivity (Wildman–Crippen MR) is 92.5 cm³/mol. The fraction of sp³-hybridized carbons (Fsp3) is 0.118. The summed E-state index contributed by atoms with van der Waals surface area (Å²) in [6.07, 6.45) is 0. The zero-order chi connectivity index (χ0) is 17.4. The molecule has 0 aromatic heterocycles. The number of amides is 2. The van der Waals surface area contributed by atoms with Crippen LogP contribution in [0.5, 0.6) is 0 Å². The van der Waals surface area contributed by atoms with Crippen molar-refractivity contribution in [1.29, 1.82) is 0 Å². The highest BCUT2D eigenvalue weighted by Gasteiger charge is 2.11. The van der Waals surface area contributed by atoms with Crippen molar-refractivity contribution >= 4 is 39.4 Å². The molecule has 2 aromatic rings. The Morgan fingerprint density at radius 3 is 2.33 bits per heavy atom. The first-order chi connectivity index (χ1) is 11.6. The molecule has 0 aliphatic carbocycles. The van der Waals surface area contributed by atoms with Gasteiger partial charge in [-0.2, -0.15) is 0 Å². The molecule has 0 atom stereocenters. The summed E-state index contributed by atoms with van der Waals surface area (Å²) in [7, 11) is 0. The Kier molecular flexibility index (Phi) is 6.51. The number of nitrogens with one attached hydrogen (secondary N) is 2. The molecular weight excluding hydrogens is 376 g/mol. The van der Waals surface area contributed by atoms with Gasteiger partial charge in [0.25, 0.3) is 11.8 Å². The van der Waals surface area contributed by atoms with Gasteiger partial charge in [0.15, 0.2) is 6.61 Å². The monoisotopic (exact) mass is 390 g/mol. The summed E-state index contributed by atoms with van der Waals surface area (Å²) >= 11 is 3.30. The van der Waals surface area contributed by atoms with Crippen LogP contribution in [0, 0.1) is 0 Å². The van der Waals surface area contributed by atoms with E-state index in [4.69, 9.17) is 4.74 Å². The number of para-hydroxylation sites is 1. The number of hydrogen-bond acceptors (Lipinski definition) is 4. The van der Waals surface area contributed by atoms with Gasteiger partial charge >= 0.3 is 5.97 Å². The zero-order valence-corrected chi connectivity index (χ0v) is 14.2. The van der Waals surface area contributed by atoms with Crippen LogP contribution in [0.3, 0.4) is 0 Å². The maximum atomic E-state index is 11.8. The first kappa shape index (κ1) is 17.7. The molecule has 0 fully saturated rings. The Bertz CT molecular complexity index is 734. The first-order valence-electron chi connectivity index (χ1n) is 7.09. The third-order valence-electron chi connectivity index (χ3n) is 2.94. The van der Waals surface area contributed by atoms with Crippen LogP contribution in [0.1, 0.15) is 10.4 Å². The van der Waals surface area contributed by atoms with Crippen molar-refractivity contribution in [3.8, 4) is 0 Å². The van der Waals surface area contributed by atoms with Gasteiger partial charge in [-0.3, -0.25) is 14.4 Å². The van der Waals surface area contributed by atoms with Crippen LogP contribution in [0.4, 0.5) is 5.69 Å². The molecule has 0 saturated heterocycles. The molecule has 0 unspecified atom stereocenters. The third kappa shape index (κ3) is 5.51. The number of esters is 1. The molecule has 0 radical (unpaired) electrons. The van der Waals surface area contributed by atoms with Crippen LogP contribution in [-0.4, -0.2) is 30.9 Å². The highest BCUT2D eigenvalue weighted by atomic mass is 79.9. The second-order valence-corrected chi connectivity index (χ2v) is 5.59. The Morgan fingerprint density at radius 2 is 1.62 bits per heavy atom. The number of carbonyl (C=O) groups excluding carboxylic acids is 3. The molecule has 0 saturated carbocycles. The summed E-state index contributed by atoms with van der Waals surface area (Å²) < 4.78 is 5.54. The fourth-order valence-corrected chi connectivity index (χ4v) is 2.17. The lowest BCUT2D eigenvalue weighted by Crippen LogP contribution is -2.32. The van der Waals surface area contributed by atoms with Crippen LogP contribution in [0.15, 0.2) is 59.1 Å². The Labute approximate surface area is 147 Å². The first-order valence-corrected chi connectivity index (χ1v) is 7.89. The van der Waals surface area contributed by atoms with E-state index in [1.807, 2.05) is 6.07 Å². The Hall–Kier alpha value is -2.67. The minimum absolute atomic E-state index is 0.309. The second kappa shape index (κ2) is 8.83. The van der Waals surface area contributed by atoms with Gasteiger partial charge < -0.3 is 15.4 Å². The summed E-state index contributed by atoms with van der Waals surface area (Å²) in [4.78, 5) is 35.1. The van der Waals surface area contributed by atoms with Crippen molar-refractivity contribution in [1.82, 2.24) is 5.32 Å². The van der Waals surface area contributed by atoms with Gasteiger partial charge in [0.1, 0.15) is 6.54 Å². The third-order valence-corrected chi connectivity index (χ3v) is 3.63. The van der Waals surface area contributed by atoms with Crippen molar-refractivity contribution in [3.63, 3.8) is 0 Å². The smallest absolute Gasteiger partial charge is 0.325 e. The van der Waals surface area contributed by atoms with E-state index < -0.39 is 18.5 Å². The number of halogens is 1. The number of ether oxygens (including phenoxy) is 1. The molecule has 0 aliphatic rings. The minimum atomic E-state index is -0.693. The van der Waals surface area contributed by atoms with E-state index in [1.165, 1.54) is 0 Å². The molecule has 124 valence electrons. The largest absolute Gasteiger partial charge is 0.454 e. The highest BCUT2D eigenvalue weighted by molar-refractivity contribution is 9.10. The van der Waals surface area contributed by atoms with E-state index in [-0.39, 0.29) is 12.5 Å². The molecule has 0 heterocycles. The molecule has 2 aromatic carbocycles. The van der Waals surface area contributed by atoms with Crippen molar-refractivity contribution < 1.29 is 19.1 Å². The minimum Gasteiger partial charge on any atom is -0.454 e. The van der Waals surface area contributed by atoms with Gasteiger partial charge in [0, 0.05) is 10.0 Å².